The Balaban J connectivity index is 1.78. The molecule has 1 aliphatic heterocycles. The average molecular weight is 208 g/mol. The van der Waals surface area contributed by atoms with Crippen LogP contribution in [0.4, 0.5) is 4.79 Å². The summed E-state index contributed by atoms with van der Waals surface area (Å²) in [5, 5.41) is 19.4. The van der Waals surface area contributed by atoms with Crippen LogP contribution in [0.15, 0.2) is 0 Å². The van der Waals surface area contributed by atoms with Crippen molar-refractivity contribution in [3.05, 3.63) is 11.6 Å². The molecule has 1 aliphatic carbocycles. The van der Waals surface area contributed by atoms with E-state index in [2.05, 4.69) is 20.1 Å². The normalized spacial score (nSPS) is 23.9. The van der Waals surface area contributed by atoms with Crippen LogP contribution in [-0.2, 0) is 13.0 Å². The lowest BCUT2D eigenvalue weighted by atomic mass is 10.2. The summed E-state index contributed by atoms with van der Waals surface area (Å²) in [4.78, 5) is 10.5. The van der Waals surface area contributed by atoms with Crippen molar-refractivity contribution in [2.24, 2.45) is 0 Å². The number of aromatic nitrogens is 3. The zero-order valence-electron chi connectivity index (χ0n) is 8.18. The molecule has 1 amide bonds. The largest absolute Gasteiger partial charge is 0.465 e. The molecule has 6 nitrogen and oxygen atoms in total. The Morgan fingerprint density at radius 1 is 1.47 bits per heavy atom. The smallest absolute Gasteiger partial charge is 0.404 e. The molecular weight excluding hydrogens is 196 g/mol. The van der Waals surface area contributed by atoms with Gasteiger partial charge in [-0.15, -0.1) is 10.2 Å². The van der Waals surface area contributed by atoms with E-state index >= 15 is 0 Å². The van der Waals surface area contributed by atoms with Gasteiger partial charge in [-0.3, -0.25) is 0 Å². The van der Waals surface area contributed by atoms with Crippen molar-refractivity contribution in [3.8, 4) is 0 Å². The van der Waals surface area contributed by atoms with Gasteiger partial charge < -0.3 is 15.0 Å². The highest BCUT2D eigenvalue weighted by Gasteiger charge is 2.34. The molecule has 0 spiro atoms. The number of fused-ring (bicyclic) bond motifs is 1. The molecule has 1 atom stereocenters. The molecule has 2 N–H and O–H groups in total. The number of carboxylic acid groups (broad SMARTS) is 1. The summed E-state index contributed by atoms with van der Waals surface area (Å²) in [6.07, 6.45) is 2.07. The monoisotopic (exact) mass is 208 g/mol. The zero-order chi connectivity index (χ0) is 10.4. The maximum absolute atomic E-state index is 10.5. The van der Waals surface area contributed by atoms with Crippen LogP contribution in [0.1, 0.15) is 30.4 Å². The second-order valence-corrected chi connectivity index (χ2v) is 4.21. The van der Waals surface area contributed by atoms with Crippen molar-refractivity contribution < 1.29 is 9.90 Å². The summed E-state index contributed by atoms with van der Waals surface area (Å²) in [5.74, 6) is 2.52. The lowest BCUT2D eigenvalue weighted by molar-refractivity contribution is 0.189. The molecule has 2 heterocycles. The van der Waals surface area contributed by atoms with Gasteiger partial charge in [0.25, 0.3) is 0 Å². The first-order valence-corrected chi connectivity index (χ1v) is 5.15. The molecule has 0 radical (unpaired) electrons. The van der Waals surface area contributed by atoms with Crippen molar-refractivity contribution in [2.75, 3.05) is 0 Å². The van der Waals surface area contributed by atoms with Crippen LogP contribution < -0.4 is 5.32 Å². The number of amides is 1. The van der Waals surface area contributed by atoms with E-state index in [4.69, 9.17) is 5.11 Å². The van der Waals surface area contributed by atoms with Gasteiger partial charge in [-0.2, -0.15) is 0 Å². The standard InChI is InChI=1S/C9H12N4O2/c14-9(15)10-6-3-7-11-12-8(5-1-2-5)13(7)4-6/h5-6,10H,1-4H2,(H,14,15). The van der Waals surface area contributed by atoms with E-state index in [0.717, 1.165) is 11.6 Å². The van der Waals surface area contributed by atoms with E-state index in [0.29, 0.717) is 18.9 Å². The second kappa shape index (κ2) is 2.95. The highest BCUT2D eigenvalue weighted by molar-refractivity contribution is 5.64. The zero-order valence-corrected chi connectivity index (χ0v) is 8.18. The highest BCUT2D eigenvalue weighted by atomic mass is 16.4. The summed E-state index contributed by atoms with van der Waals surface area (Å²) < 4.78 is 2.07. The number of nitrogens with zero attached hydrogens (tertiary/aromatic N) is 3. The van der Waals surface area contributed by atoms with Crippen LogP contribution in [-0.4, -0.2) is 32.0 Å². The Morgan fingerprint density at radius 3 is 2.93 bits per heavy atom. The van der Waals surface area contributed by atoms with Crippen LogP contribution in [0.5, 0.6) is 0 Å². The number of carbonyl (C=O) groups is 1. The molecule has 80 valence electrons. The van der Waals surface area contributed by atoms with Crippen LogP contribution in [0.25, 0.3) is 0 Å². The fourth-order valence-corrected chi connectivity index (χ4v) is 2.12. The van der Waals surface area contributed by atoms with E-state index in [1.165, 1.54) is 12.8 Å². The van der Waals surface area contributed by atoms with Gasteiger partial charge in [-0.1, -0.05) is 0 Å². The van der Waals surface area contributed by atoms with Gasteiger partial charge in [-0.25, -0.2) is 4.79 Å². The van der Waals surface area contributed by atoms with Crippen LogP contribution in [0.3, 0.4) is 0 Å². The molecule has 0 bridgehead atoms. The van der Waals surface area contributed by atoms with Gasteiger partial charge in [0.2, 0.25) is 0 Å². The van der Waals surface area contributed by atoms with E-state index in [9.17, 15) is 4.79 Å². The first kappa shape index (κ1) is 8.70. The summed E-state index contributed by atoms with van der Waals surface area (Å²) in [7, 11) is 0. The minimum atomic E-state index is -0.966. The maximum Gasteiger partial charge on any atom is 0.404 e. The van der Waals surface area contributed by atoms with Gasteiger partial charge in [0, 0.05) is 18.9 Å². The second-order valence-electron chi connectivity index (χ2n) is 4.21. The fourth-order valence-electron chi connectivity index (χ4n) is 2.12. The molecule has 6 heteroatoms. The molecule has 1 fully saturated rings. The topological polar surface area (TPSA) is 80.0 Å². The first-order chi connectivity index (χ1) is 7.24. The van der Waals surface area contributed by atoms with Crippen molar-refractivity contribution in [1.82, 2.24) is 20.1 Å². The minimum absolute atomic E-state index is 0.0366. The predicted octanol–water partition coefficient (Wildman–Crippen LogP) is 0.348. The van der Waals surface area contributed by atoms with Crippen LogP contribution >= 0.6 is 0 Å². The summed E-state index contributed by atoms with van der Waals surface area (Å²) >= 11 is 0. The maximum atomic E-state index is 10.5. The number of rotatable bonds is 2. The van der Waals surface area contributed by atoms with Crippen molar-refractivity contribution in [3.63, 3.8) is 0 Å². The van der Waals surface area contributed by atoms with E-state index < -0.39 is 6.09 Å². The molecule has 0 saturated heterocycles. The molecule has 3 rings (SSSR count). The lowest BCUT2D eigenvalue weighted by Crippen LogP contribution is -2.34. The van der Waals surface area contributed by atoms with E-state index in [-0.39, 0.29) is 6.04 Å². The van der Waals surface area contributed by atoms with Crippen molar-refractivity contribution in [1.29, 1.82) is 0 Å². The summed E-state index contributed by atoms with van der Waals surface area (Å²) in [6, 6.07) is -0.0366. The van der Waals surface area contributed by atoms with Crippen molar-refractivity contribution >= 4 is 6.09 Å². The average Bonchev–Trinajstić information content (AvgIpc) is 2.80. The van der Waals surface area contributed by atoms with Crippen LogP contribution in [0.2, 0.25) is 0 Å². The Morgan fingerprint density at radius 2 is 2.27 bits per heavy atom. The molecule has 2 aliphatic rings. The molecule has 0 aromatic carbocycles. The molecule has 1 unspecified atom stereocenters. The molecule has 1 saturated carbocycles. The third kappa shape index (κ3) is 1.45. The fraction of sp³-hybridized carbons (Fsp3) is 0.667. The Hall–Kier alpha value is -1.59. The quantitative estimate of drug-likeness (QED) is 0.734. The van der Waals surface area contributed by atoms with E-state index in [1.807, 2.05) is 0 Å². The van der Waals surface area contributed by atoms with E-state index in [1.54, 1.807) is 0 Å². The molecule has 1 aromatic heterocycles. The summed E-state index contributed by atoms with van der Waals surface area (Å²) in [5.41, 5.74) is 0. The Bertz CT molecular complexity index is 410. The van der Waals surface area contributed by atoms with Gasteiger partial charge in [0.05, 0.1) is 6.04 Å². The molecule has 15 heavy (non-hydrogen) atoms. The number of nitrogens with one attached hydrogen (secondary N) is 1. The molecule has 1 aromatic rings. The van der Waals surface area contributed by atoms with Gasteiger partial charge in [-0.05, 0) is 12.8 Å². The highest BCUT2D eigenvalue weighted by Crippen LogP contribution is 2.39. The van der Waals surface area contributed by atoms with Crippen molar-refractivity contribution in [2.45, 2.75) is 37.8 Å². The number of hydrogen-bond acceptors (Lipinski definition) is 3. The minimum Gasteiger partial charge on any atom is -0.465 e. The van der Waals surface area contributed by atoms with Crippen LogP contribution in [0, 0.1) is 0 Å². The SMILES string of the molecule is O=C(O)NC1Cc2nnc(C3CC3)n2C1. The summed E-state index contributed by atoms with van der Waals surface area (Å²) in [6.45, 7) is 0.681. The Kier molecular flexibility index (Phi) is 1.71. The Labute approximate surface area is 86.3 Å². The van der Waals surface area contributed by atoms with Gasteiger partial charge >= 0.3 is 6.09 Å². The number of hydrogen-bond donors (Lipinski definition) is 2. The third-order valence-corrected chi connectivity index (χ3v) is 2.96. The third-order valence-electron chi connectivity index (χ3n) is 2.96. The lowest BCUT2D eigenvalue weighted by Gasteiger charge is -2.08. The first-order valence-electron chi connectivity index (χ1n) is 5.15. The predicted molar refractivity (Wildman–Crippen MR) is 50.6 cm³/mol. The molecular formula is C9H12N4O2. The van der Waals surface area contributed by atoms with Gasteiger partial charge in [0.1, 0.15) is 11.6 Å². The van der Waals surface area contributed by atoms with Gasteiger partial charge in [0.15, 0.2) is 0 Å².